The van der Waals surface area contributed by atoms with Crippen LogP contribution in [0.25, 0.3) is 11.0 Å². The first kappa shape index (κ1) is 11.1. The van der Waals surface area contributed by atoms with Crippen molar-refractivity contribution in [3.05, 3.63) is 30.1 Å². The summed E-state index contributed by atoms with van der Waals surface area (Å²) in [4.78, 5) is 18.2. The number of carbonyl (C=O) groups is 1. The molecule has 1 aromatic carbocycles. The number of hydrogen-bond acceptors (Lipinski definition) is 4. The fourth-order valence-electron chi connectivity index (χ4n) is 1.34. The number of carbonyl (C=O) groups excluding carboxylic acids is 1. The molecule has 6 heteroatoms. The Bertz CT molecular complexity index is 514. The second kappa shape index (κ2) is 5.11. The number of H-pyrrole nitrogens is 1. The summed E-state index contributed by atoms with van der Waals surface area (Å²) in [5.74, 6) is 0.572. The molecule has 0 unspecified atom stereocenters. The van der Waals surface area contributed by atoms with Crippen LogP contribution in [0.3, 0.4) is 0 Å². The minimum Gasteiger partial charge on any atom is -0.449 e. The molecule has 0 fully saturated rings. The number of para-hydroxylation sites is 2. The first-order valence-electron chi connectivity index (χ1n) is 5.20. The number of amides is 1. The lowest BCUT2D eigenvalue weighted by Gasteiger charge is -1.97. The summed E-state index contributed by atoms with van der Waals surface area (Å²) in [6.45, 7) is 2.04. The number of rotatable bonds is 3. The molecule has 1 heterocycles. The van der Waals surface area contributed by atoms with Gasteiger partial charge in [-0.2, -0.15) is 5.10 Å². The molecule has 1 amide bonds. The van der Waals surface area contributed by atoms with Gasteiger partial charge in [-0.15, -0.1) is 0 Å². The van der Waals surface area contributed by atoms with E-state index < -0.39 is 6.09 Å². The molecular weight excluding hydrogens is 220 g/mol. The topological polar surface area (TPSA) is 79.4 Å². The number of ether oxygens (including phenoxy) is 1. The number of nitrogens with zero attached hydrogens (tertiary/aromatic N) is 2. The Balaban J connectivity index is 2.03. The fourth-order valence-corrected chi connectivity index (χ4v) is 1.34. The summed E-state index contributed by atoms with van der Waals surface area (Å²) in [6, 6.07) is 7.62. The van der Waals surface area contributed by atoms with Gasteiger partial charge in [-0.05, 0) is 19.1 Å². The van der Waals surface area contributed by atoms with E-state index in [0.717, 1.165) is 11.0 Å². The summed E-state index contributed by atoms with van der Waals surface area (Å²) >= 11 is 0. The van der Waals surface area contributed by atoms with E-state index in [0.29, 0.717) is 12.4 Å². The van der Waals surface area contributed by atoms with E-state index in [1.54, 1.807) is 6.92 Å². The van der Waals surface area contributed by atoms with Gasteiger partial charge in [0, 0.05) is 0 Å². The summed E-state index contributed by atoms with van der Waals surface area (Å²) in [5.41, 5.74) is 4.00. The number of nitrogens with one attached hydrogen (secondary N) is 2. The molecule has 88 valence electrons. The van der Waals surface area contributed by atoms with Gasteiger partial charge in [-0.1, -0.05) is 12.1 Å². The third-order valence-corrected chi connectivity index (χ3v) is 2.03. The van der Waals surface area contributed by atoms with Crippen LogP contribution in [0.1, 0.15) is 12.7 Å². The monoisotopic (exact) mass is 232 g/mol. The van der Waals surface area contributed by atoms with E-state index >= 15 is 0 Å². The highest BCUT2D eigenvalue weighted by Crippen LogP contribution is 2.08. The van der Waals surface area contributed by atoms with Crippen molar-refractivity contribution in [3.63, 3.8) is 0 Å². The molecule has 0 bridgehead atoms. The molecule has 0 atom stereocenters. The lowest BCUT2D eigenvalue weighted by molar-refractivity contribution is 0.152. The van der Waals surface area contributed by atoms with Crippen molar-refractivity contribution in [2.45, 2.75) is 6.92 Å². The maximum Gasteiger partial charge on any atom is 0.427 e. The van der Waals surface area contributed by atoms with E-state index in [2.05, 4.69) is 25.2 Å². The highest BCUT2D eigenvalue weighted by molar-refractivity contribution is 5.84. The van der Waals surface area contributed by atoms with Crippen LogP contribution in [-0.2, 0) is 4.74 Å². The molecule has 6 nitrogen and oxygen atoms in total. The highest BCUT2D eigenvalue weighted by Gasteiger charge is 1.99. The predicted octanol–water partition coefficient (Wildman–Crippen LogP) is 1.64. The van der Waals surface area contributed by atoms with Gasteiger partial charge in [0.15, 0.2) is 5.82 Å². The Labute approximate surface area is 97.7 Å². The number of hydrogen-bond donors (Lipinski definition) is 2. The Morgan fingerprint density at radius 1 is 1.59 bits per heavy atom. The molecule has 17 heavy (non-hydrogen) atoms. The Kier molecular flexibility index (Phi) is 3.34. The Morgan fingerprint density at radius 2 is 2.41 bits per heavy atom. The molecule has 0 aliphatic heterocycles. The van der Waals surface area contributed by atoms with Crippen molar-refractivity contribution in [1.82, 2.24) is 15.4 Å². The standard InChI is InChI=1S/C11H12N4O2/c1-2-17-11(16)15-12-7-10-13-8-5-3-4-6-9(8)14-10/h3-7H,2H2,1H3,(H,13,14)(H,15,16)/b12-7-. The highest BCUT2D eigenvalue weighted by atomic mass is 16.5. The van der Waals surface area contributed by atoms with Gasteiger partial charge >= 0.3 is 6.09 Å². The molecule has 2 rings (SSSR count). The summed E-state index contributed by atoms with van der Waals surface area (Å²) < 4.78 is 4.64. The van der Waals surface area contributed by atoms with Crippen molar-refractivity contribution in [3.8, 4) is 0 Å². The molecule has 0 saturated carbocycles. The molecular formula is C11H12N4O2. The average molecular weight is 232 g/mol. The van der Waals surface area contributed by atoms with Gasteiger partial charge in [0.05, 0.1) is 23.9 Å². The molecule has 1 aromatic heterocycles. The molecule has 2 aromatic rings. The zero-order valence-corrected chi connectivity index (χ0v) is 9.30. The fraction of sp³-hybridized carbons (Fsp3) is 0.182. The van der Waals surface area contributed by atoms with Gasteiger partial charge < -0.3 is 9.72 Å². The summed E-state index contributed by atoms with van der Waals surface area (Å²) in [6.07, 6.45) is 0.844. The number of imidazole rings is 1. The molecule has 0 radical (unpaired) electrons. The maximum atomic E-state index is 10.9. The van der Waals surface area contributed by atoms with Gasteiger partial charge in [-0.25, -0.2) is 15.2 Å². The van der Waals surface area contributed by atoms with Crippen molar-refractivity contribution in [1.29, 1.82) is 0 Å². The average Bonchev–Trinajstić information content (AvgIpc) is 2.71. The van der Waals surface area contributed by atoms with Gasteiger partial charge in [0.1, 0.15) is 0 Å². The Morgan fingerprint density at radius 3 is 3.18 bits per heavy atom. The number of hydrazone groups is 1. The zero-order valence-electron chi connectivity index (χ0n) is 9.30. The number of aromatic nitrogens is 2. The third-order valence-electron chi connectivity index (χ3n) is 2.03. The van der Waals surface area contributed by atoms with Crippen molar-refractivity contribution in [2.24, 2.45) is 5.10 Å². The first-order valence-corrected chi connectivity index (χ1v) is 5.20. The van der Waals surface area contributed by atoms with Crippen LogP contribution in [0.5, 0.6) is 0 Å². The lowest BCUT2D eigenvalue weighted by Crippen LogP contribution is -2.18. The van der Waals surface area contributed by atoms with E-state index in [-0.39, 0.29) is 0 Å². The molecule has 0 aliphatic carbocycles. The summed E-state index contributed by atoms with van der Waals surface area (Å²) in [5, 5.41) is 3.71. The normalized spacial score (nSPS) is 10.9. The second-order valence-corrected chi connectivity index (χ2v) is 3.23. The first-order chi connectivity index (χ1) is 8.29. The predicted molar refractivity (Wildman–Crippen MR) is 63.8 cm³/mol. The van der Waals surface area contributed by atoms with Crippen molar-refractivity contribution in [2.75, 3.05) is 6.61 Å². The second-order valence-electron chi connectivity index (χ2n) is 3.23. The SMILES string of the molecule is CCOC(=O)N/N=C\c1nc2ccccc2[nH]1. The summed E-state index contributed by atoms with van der Waals surface area (Å²) in [7, 11) is 0. The number of fused-ring (bicyclic) bond motifs is 1. The van der Waals surface area contributed by atoms with Crippen LogP contribution in [0.4, 0.5) is 4.79 Å². The van der Waals surface area contributed by atoms with Crippen LogP contribution in [0.2, 0.25) is 0 Å². The smallest absolute Gasteiger partial charge is 0.427 e. The van der Waals surface area contributed by atoms with Crippen LogP contribution in [0, 0.1) is 0 Å². The zero-order chi connectivity index (χ0) is 12.1. The molecule has 0 saturated heterocycles. The van der Waals surface area contributed by atoms with Crippen molar-refractivity contribution < 1.29 is 9.53 Å². The minimum atomic E-state index is -0.583. The van der Waals surface area contributed by atoms with Crippen LogP contribution >= 0.6 is 0 Å². The van der Waals surface area contributed by atoms with Gasteiger partial charge in [0.2, 0.25) is 0 Å². The van der Waals surface area contributed by atoms with E-state index in [1.807, 2.05) is 24.3 Å². The van der Waals surface area contributed by atoms with E-state index in [4.69, 9.17) is 0 Å². The molecule has 0 spiro atoms. The third kappa shape index (κ3) is 2.81. The van der Waals surface area contributed by atoms with Crippen LogP contribution in [-0.4, -0.2) is 28.9 Å². The van der Waals surface area contributed by atoms with Gasteiger partial charge in [0.25, 0.3) is 0 Å². The maximum absolute atomic E-state index is 10.9. The minimum absolute atomic E-state index is 0.311. The van der Waals surface area contributed by atoms with E-state index in [1.165, 1.54) is 6.21 Å². The number of aromatic amines is 1. The van der Waals surface area contributed by atoms with Crippen LogP contribution < -0.4 is 5.43 Å². The number of benzene rings is 1. The van der Waals surface area contributed by atoms with E-state index in [9.17, 15) is 4.79 Å². The lowest BCUT2D eigenvalue weighted by atomic mass is 10.3. The van der Waals surface area contributed by atoms with Crippen LogP contribution in [0.15, 0.2) is 29.4 Å². The van der Waals surface area contributed by atoms with Crippen molar-refractivity contribution >= 4 is 23.3 Å². The Hall–Kier alpha value is -2.37. The quantitative estimate of drug-likeness (QED) is 0.623. The molecule has 2 N–H and O–H groups in total. The largest absolute Gasteiger partial charge is 0.449 e. The molecule has 0 aliphatic rings. The van der Waals surface area contributed by atoms with Gasteiger partial charge in [-0.3, -0.25) is 0 Å².